The largest absolute Gasteiger partial charge is 0.486 e. The second-order valence-corrected chi connectivity index (χ2v) is 9.76. The summed E-state index contributed by atoms with van der Waals surface area (Å²) in [6, 6.07) is 2.71. The van der Waals surface area contributed by atoms with Crippen molar-refractivity contribution < 1.29 is 28.6 Å². The number of hydrogen-bond acceptors (Lipinski definition) is 8. The predicted octanol–water partition coefficient (Wildman–Crippen LogP) is 2.92. The summed E-state index contributed by atoms with van der Waals surface area (Å²) in [4.78, 5) is 41.7. The number of carbonyl (C=O) groups excluding carboxylic acids is 3. The summed E-state index contributed by atoms with van der Waals surface area (Å²) < 4.78 is 16.1. The highest BCUT2D eigenvalue weighted by Crippen LogP contribution is 2.14. The van der Waals surface area contributed by atoms with Crippen molar-refractivity contribution in [1.82, 2.24) is 20.9 Å². The van der Waals surface area contributed by atoms with Crippen LogP contribution in [0.1, 0.15) is 58.8 Å². The Labute approximate surface area is 208 Å². The maximum absolute atomic E-state index is 12.9. The van der Waals surface area contributed by atoms with Crippen molar-refractivity contribution in [2.75, 3.05) is 20.3 Å². The van der Waals surface area contributed by atoms with Gasteiger partial charge in [-0.15, -0.1) is 0 Å². The minimum absolute atomic E-state index is 0.207. The van der Waals surface area contributed by atoms with E-state index in [0.717, 1.165) is 11.4 Å². The van der Waals surface area contributed by atoms with Crippen LogP contribution in [0, 0.1) is 13.8 Å². The minimum atomic E-state index is -1.09. The van der Waals surface area contributed by atoms with Crippen LogP contribution in [0.4, 0.5) is 4.79 Å². The molecule has 0 aliphatic rings. The number of aryl methyl sites for hydroxylation is 2. The molecule has 1 aromatic rings. The number of amides is 2. The number of nitrogens with one attached hydrogen (secondary N) is 3. The van der Waals surface area contributed by atoms with Gasteiger partial charge in [-0.3, -0.25) is 19.9 Å². The number of hydrogen-bond donors (Lipinski definition) is 3. The zero-order chi connectivity index (χ0) is 26.8. The second-order valence-electron chi connectivity index (χ2n) is 9.76. The lowest BCUT2D eigenvalue weighted by molar-refractivity contribution is -0.142. The molecule has 0 saturated heterocycles. The monoisotopic (exact) mass is 492 g/mol. The highest BCUT2D eigenvalue weighted by molar-refractivity contribution is 5.92. The van der Waals surface area contributed by atoms with Gasteiger partial charge < -0.3 is 24.8 Å². The zero-order valence-corrected chi connectivity index (χ0v) is 22.2. The molecule has 0 spiro atoms. The van der Waals surface area contributed by atoms with Crippen molar-refractivity contribution in [2.24, 2.45) is 0 Å². The van der Waals surface area contributed by atoms with Gasteiger partial charge >= 0.3 is 6.09 Å². The van der Waals surface area contributed by atoms with E-state index in [9.17, 15) is 14.4 Å². The van der Waals surface area contributed by atoms with E-state index in [1.807, 2.05) is 13.8 Å². The van der Waals surface area contributed by atoms with Crippen LogP contribution in [0.3, 0.4) is 0 Å². The van der Waals surface area contributed by atoms with E-state index in [0.29, 0.717) is 25.1 Å². The number of methoxy groups -OCH3 is 1. The van der Waals surface area contributed by atoms with Crippen molar-refractivity contribution in [3.63, 3.8) is 0 Å². The van der Waals surface area contributed by atoms with Crippen LogP contribution < -0.4 is 20.7 Å². The Morgan fingerprint density at radius 1 is 1.09 bits per heavy atom. The molecule has 0 fully saturated rings. The molecule has 0 bridgehead atoms. The minimum Gasteiger partial charge on any atom is -0.486 e. The van der Waals surface area contributed by atoms with E-state index in [2.05, 4.69) is 27.5 Å². The molecule has 196 valence electrons. The molecule has 1 heterocycles. The smallest absolute Gasteiger partial charge is 0.413 e. The molecule has 10 nitrogen and oxygen atoms in total. The standard InChI is InChI=1S/C25H40N4O6/c1-16-13-19(14-17(2)27-16)34-15-21(30)20(29-22(31)25(7,8)33-9)11-10-12-26-18(3)28-23(32)35-24(4,5)6/h13-14,20,26H,3,10-12,15H2,1-2,4-9H3,(H,28,32)(H,29,31)/t20-/m0/s1. The second kappa shape index (κ2) is 13.1. The van der Waals surface area contributed by atoms with Crippen molar-refractivity contribution in [3.8, 4) is 5.75 Å². The number of alkyl carbamates (subject to hydrolysis) is 1. The summed E-state index contributed by atoms with van der Waals surface area (Å²) in [5.74, 6) is 0.135. The highest BCUT2D eigenvalue weighted by atomic mass is 16.6. The molecule has 0 radical (unpaired) electrons. The average Bonchev–Trinajstić information content (AvgIpc) is 2.71. The van der Waals surface area contributed by atoms with Gasteiger partial charge in [-0.2, -0.15) is 0 Å². The van der Waals surface area contributed by atoms with Crippen molar-refractivity contribution in [3.05, 3.63) is 35.9 Å². The first kappa shape index (κ1) is 29.9. The van der Waals surface area contributed by atoms with Crippen LogP contribution in [-0.2, 0) is 19.1 Å². The number of pyridine rings is 1. The molecule has 0 saturated carbocycles. The summed E-state index contributed by atoms with van der Waals surface area (Å²) in [5.41, 5.74) is -0.152. The van der Waals surface area contributed by atoms with E-state index >= 15 is 0 Å². The third-order valence-electron chi connectivity index (χ3n) is 4.85. The number of carbonyl (C=O) groups is 3. The molecule has 1 rings (SSSR count). The first-order chi connectivity index (χ1) is 16.1. The SMILES string of the molecule is C=C(NCCC[C@H](NC(=O)C(C)(C)OC)C(=O)COc1cc(C)nc(C)c1)NC(=O)OC(C)(C)C. The molecule has 0 aliphatic carbocycles. The first-order valence-corrected chi connectivity index (χ1v) is 11.5. The number of Topliss-reactive ketones (excluding diaryl/α,β-unsaturated/α-hetero) is 1. The summed E-state index contributed by atoms with van der Waals surface area (Å²) in [6.07, 6.45) is 0.234. The van der Waals surface area contributed by atoms with E-state index in [4.69, 9.17) is 14.2 Å². The van der Waals surface area contributed by atoms with Gasteiger partial charge in [0.1, 0.15) is 29.4 Å². The van der Waals surface area contributed by atoms with Gasteiger partial charge in [-0.1, -0.05) is 6.58 Å². The van der Waals surface area contributed by atoms with Crippen LogP contribution in [0.2, 0.25) is 0 Å². The van der Waals surface area contributed by atoms with Gasteiger partial charge in [0.15, 0.2) is 5.78 Å². The Kier molecular flexibility index (Phi) is 11.2. The van der Waals surface area contributed by atoms with E-state index in [1.165, 1.54) is 7.11 Å². The van der Waals surface area contributed by atoms with Crippen molar-refractivity contribution in [1.29, 1.82) is 0 Å². The van der Waals surface area contributed by atoms with Gasteiger partial charge in [0.2, 0.25) is 0 Å². The molecule has 0 unspecified atom stereocenters. The number of nitrogens with zero attached hydrogens (tertiary/aromatic N) is 1. The van der Waals surface area contributed by atoms with E-state index in [1.54, 1.807) is 46.8 Å². The molecule has 1 atom stereocenters. The molecule has 2 amide bonds. The Morgan fingerprint density at radius 2 is 1.69 bits per heavy atom. The topological polar surface area (TPSA) is 128 Å². The maximum atomic E-state index is 12.9. The van der Waals surface area contributed by atoms with Crippen molar-refractivity contribution in [2.45, 2.75) is 78.6 Å². The summed E-state index contributed by atoms with van der Waals surface area (Å²) >= 11 is 0. The molecule has 0 aromatic carbocycles. The first-order valence-electron chi connectivity index (χ1n) is 11.5. The highest BCUT2D eigenvalue weighted by Gasteiger charge is 2.31. The lowest BCUT2D eigenvalue weighted by Crippen LogP contribution is -2.51. The number of ketones is 1. The maximum Gasteiger partial charge on any atom is 0.413 e. The van der Waals surface area contributed by atoms with Gasteiger partial charge in [-0.05, 0) is 61.3 Å². The fraction of sp³-hybridized carbons (Fsp3) is 0.600. The molecule has 35 heavy (non-hydrogen) atoms. The van der Waals surface area contributed by atoms with Crippen LogP contribution in [0.15, 0.2) is 24.5 Å². The third-order valence-corrected chi connectivity index (χ3v) is 4.85. The molecular weight excluding hydrogens is 452 g/mol. The Bertz CT molecular complexity index is 887. The molecular formula is C25H40N4O6. The number of rotatable bonds is 13. The van der Waals surface area contributed by atoms with E-state index in [-0.39, 0.29) is 18.2 Å². The van der Waals surface area contributed by atoms with Crippen LogP contribution in [0.5, 0.6) is 5.75 Å². The summed E-state index contributed by atoms with van der Waals surface area (Å²) in [6.45, 7) is 16.2. The molecule has 3 N–H and O–H groups in total. The summed E-state index contributed by atoms with van der Waals surface area (Å²) in [7, 11) is 1.43. The van der Waals surface area contributed by atoms with Crippen LogP contribution in [-0.4, -0.2) is 60.3 Å². The van der Waals surface area contributed by atoms with Gasteiger partial charge in [0, 0.05) is 37.2 Å². The fourth-order valence-corrected chi connectivity index (χ4v) is 2.89. The Morgan fingerprint density at radius 3 is 2.23 bits per heavy atom. The van der Waals surface area contributed by atoms with E-state index < -0.39 is 29.2 Å². The van der Waals surface area contributed by atoms with Crippen LogP contribution in [0.25, 0.3) is 0 Å². The van der Waals surface area contributed by atoms with Crippen molar-refractivity contribution >= 4 is 17.8 Å². The van der Waals surface area contributed by atoms with Gasteiger partial charge in [0.25, 0.3) is 5.91 Å². The predicted molar refractivity (Wildman–Crippen MR) is 133 cm³/mol. The average molecular weight is 493 g/mol. The van der Waals surface area contributed by atoms with Gasteiger partial charge in [0.05, 0.1) is 6.04 Å². The normalized spacial score (nSPS) is 12.3. The van der Waals surface area contributed by atoms with Gasteiger partial charge in [-0.25, -0.2) is 4.79 Å². The molecule has 0 aliphatic heterocycles. The summed E-state index contributed by atoms with van der Waals surface area (Å²) in [5, 5.41) is 8.24. The molecule has 10 heteroatoms. The lowest BCUT2D eigenvalue weighted by atomic mass is 10.0. The number of ether oxygens (including phenoxy) is 3. The fourth-order valence-electron chi connectivity index (χ4n) is 2.89. The zero-order valence-electron chi connectivity index (χ0n) is 22.2. The quantitative estimate of drug-likeness (QED) is 0.359. The lowest BCUT2D eigenvalue weighted by Gasteiger charge is -2.26. The van der Waals surface area contributed by atoms with Crippen LogP contribution >= 0.6 is 0 Å². The third kappa shape index (κ3) is 11.7. The Balaban J connectivity index is 2.69. The number of aromatic nitrogens is 1. The Hall–Kier alpha value is -3.14. The molecule has 1 aromatic heterocycles.